The molecule has 134 valence electrons. The Kier molecular flexibility index (Phi) is 6.57. The van der Waals surface area contributed by atoms with E-state index in [1.54, 1.807) is 48.5 Å². The SMILES string of the molecule is COc1cccc(NC(=O)[C@H](C)OC(=O)COc2ccccc2C#N)c1. The van der Waals surface area contributed by atoms with Crippen molar-refractivity contribution in [2.75, 3.05) is 19.0 Å². The minimum absolute atomic E-state index is 0.278. The van der Waals surface area contributed by atoms with Crippen molar-refractivity contribution in [3.63, 3.8) is 0 Å². The number of carbonyl (C=O) groups is 2. The van der Waals surface area contributed by atoms with Gasteiger partial charge < -0.3 is 19.5 Å². The molecule has 0 saturated heterocycles. The highest BCUT2D eigenvalue weighted by atomic mass is 16.6. The van der Waals surface area contributed by atoms with Crippen LogP contribution in [-0.4, -0.2) is 31.7 Å². The number of hydrogen-bond donors (Lipinski definition) is 1. The van der Waals surface area contributed by atoms with Crippen LogP contribution in [0.2, 0.25) is 0 Å². The zero-order valence-corrected chi connectivity index (χ0v) is 14.4. The van der Waals surface area contributed by atoms with Crippen LogP contribution in [0.4, 0.5) is 5.69 Å². The summed E-state index contributed by atoms with van der Waals surface area (Å²) in [5.74, 6) is -0.326. The molecule has 0 aliphatic rings. The molecule has 1 atom stereocenters. The second-order valence-electron chi connectivity index (χ2n) is 5.25. The summed E-state index contributed by atoms with van der Waals surface area (Å²) >= 11 is 0. The lowest BCUT2D eigenvalue weighted by atomic mass is 10.2. The van der Waals surface area contributed by atoms with Gasteiger partial charge in [-0.25, -0.2) is 4.79 Å². The highest BCUT2D eigenvalue weighted by molar-refractivity contribution is 5.95. The lowest BCUT2D eigenvalue weighted by Gasteiger charge is -2.14. The molecular formula is C19H18N2O5. The third kappa shape index (κ3) is 5.24. The first-order valence-electron chi connectivity index (χ1n) is 7.80. The molecule has 0 fully saturated rings. The van der Waals surface area contributed by atoms with E-state index < -0.39 is 24.6 Å². The number of para-hydroxylation sites is 1. The molecular weight excluding hydrogens is 336 g/mol. The number of rotatable bonds is 7. The van der Waals surface area contributed by atoms with Crippen LogP contribution >= 0.6 is 0 Å². The number of ether oxygens (including phenoxy) is 3. The maximum absolute atomic E-state index is 12.1. The predicted octanol–water partition coefficient (Wildman–Crippen LogP) is 2.52. The van der Waals surface area contributed by atoms with Crippen LogP contribution in [0.25, 0.3) is 0 Å². The van der Waals surface area contributed by atoms with Crippen molar-refractivity contribution in [2.24, 2.45) is 0 Å². The van der Waals surface area contributed by atoms with E-state index in [4.69, 9.17) is 19.5 Å². The van der Waals surface area contributed by atoms with Gasteiger partial charge in [-0.3, -0.25) is 4.79 Å². The first kappa shape index (κ1) is 18.8. The molecule has 0 unspecified atom stereocenters. The lowest BCUT2D eigenvalue weighted by Crippen LogP contribution is -2.31. The van der Waals surface area contributed by atoms with Crippen LogP contribution in [-0.2, 0) is 14.3 Å². The fourth-order valence-electron chi connectivity index (χ4n) is 2.05. The Morgan fingerprint density at radius 2 is 1.96 bits per heavy atom. The molecule has 0 spiro atoms. The molecule has 26 heavy (non-hydrogen) atoms. The first-order chi connectivity index (χ1) is 12.5. The van der Waals surface area contributed by atoms with Crippen LogP contribution in [0.15, 0.2) is 48.5 Å². The summed E-state index contributed by atoms with van der Waals surface area (Å²) in [6, 6.07) is 15.3. The summed E-state index contributed by atoms with van der Waals surface area (Å²) in [7, 11) is 1.52. The zero-order chi connectivity index (χ0) is 18.9. The highest BCUT2D eigenvalue weighted by Gasteiger charge is 2.18. The number of esters is 1. The number of amides is 1. The molecule has 2 aromatic carbocycles. The van der Waals surface area contributed by atoms with Crippen molar-refractivity contribution in [2.45, 2.75) is 13.0 Å². The van der Waals surface area contributed by atoms with Gasteiger partial charge in [0.05, 0.1) is 12.7 Å². The van der Waals surface area contributed by atoms with Crippen molar-refractivity contribution < 1.29 is 23.8 Å². The van der Waals surface area contributed by atoms with Gasteiger partial charge in [-0.1, -0.05) is 18.2 Å². The number of nitriles is 1. The Hall–Kier alpha value is -3.53. The fraction of sp³-hybridized carbons (Fsp3) is 0.211. The molecule has 7 heteroatoms. The first-order valence-corrected chi connectivity index (χ1v) is 7.80. The summed E-state index contributed by atoms with van der Waals surface area (Å²) in [5, 5.41) is 11.6. The van der Waals surface area contributed by atoms with E-state index in [0.717, 1.165) is 0 Å². The summed E-state index contributed by atoms with van der Waals surface area (Å²) < 4.78 is 15.4. The van der Waals surface area contributed by atoms with E-state index in [0.29, 0.717) is 17.0 Å². The summed E-state index contributed by atoms with van der Waals surface area (Å²) in [5.41, 5.74) is 0.834. The topological polar surface area (TPSA) is 97.7 Å². The molecule has 2 aromatic rings. The predicted molar refractivity (Wildman–Crippen MR) is 93.8 cm³/mol. The van der Waals surface area contributed by atoms with E-state index >= 15 is 0 Å². The molecule has 0 heterocycles. The van der Waals surface area contributed by atoms with E-state index in [1.807, 2.05) is 6.07 Å². The van der Waals surface area contributed by atoms with Gasteiger partial charge in [0, 0.05) is 11.8 Å². The largest absolute Gasteiger partial charge is 0.497 e. The molecule has 0 aliphatic heterocycles. The van der Waals surface area contributed by atoms with Gasteiger partial charge in [0.1, 0.15) is 17.6 Å². The maximum Gasteiger partial charge on any atom is 0.344 e. The van der Waals surface area contributed by atoms with Gasteiger partial charge in [0.2, 0.25) is 0 Å². The summed E-state index contributed by atoms with van der Waals surface area (Å²) in [6.07, 6.45) is -1.01. The Labute approximate surface area is 151 Å². The molecule has 0 saturated carbocycles. The molecule has 0 aliphatic carbocycles. The van der Waals surface area contributed by atoms with Gasteiger partial charge in [-0.15, -0.1) is 0 Å². The Bertz CT molecular complexity index is 829. The number of methoxy groups -OCH3 is 1. The highest BCUT2D eigenvalue weighted by Crippen LogP contribution is 2.18. The maximum atomic E-state index is 12.1. The quantitative estimate of drug-likeness (QED) is 0.767. The third-order valence-corrected chi connectivity index (χ3v) is 3.37. The Balaban J connectivity index is 1.86. The van der Waals surface area contributed by atoms with Crippen molar-refractivity contribution in [1.82, 2.24) is 0 Å². The second kappa shape index (κ2) is 9.08. The normalized spacial score (nSPS) is 11.0. The molecule has 0 radical (unpaired) electrons. The second-order valence-corrected chi connectivity index (χ2v) is 5.25. The third-order valence-electron chi connectivity index (χ3n) is 3.37. The smallest absolute Gasteiger partial charge is 0.344 e. The van der Waals surface area contributed by atoms with Crippen LogP contribution in [0, 0.1) is 11.3 Å². The molecule has 1 N–H and O–H groups in total. The Morgan fingerprint density at radius 3 is 2.69 bits per heavy atom. The molecule has 0 bridgehead atoms. The van der Waals surface area contributed by atoms with Gasteiger partial charge in [-0.05, 0) is 31.2 Å². The number of anilines is 1. The number of hydrogen-bond acceptors (Lipinski definition) is 6. The number of nitrogens with zero attached hydrogens (tertiary/aromatic N) is 1. The number of benzene rings is 2. The molecule has 1 amide bonds. The van der Waals surface area contributed by atoms with Gasteiger partial charge >= 0.3 is 5.97 Å². The molecule has 2 rings (SSSR count). The van der Waals surface area contributed by atoms with Crippen molar-refractivity contribution in [3.05, 3.63) is 54.1 Å². The van der Waals surface area contributed by atoms with Crippen LogP contribution in [0.1, 0.15) is 12.5 Å². The van der Waals surface area contributed by atoms with Gasteiger partial charge in [-0.2, -0.15) is 5.26 Å². The minimum Gasteiger partial charge on any atom is -0.497 e. The standard InChI is InChI=1S/C19H18N2O5/c1-13(19(23)21-15-7-5-8-16(10-15)24-2)26-18(22)12-25-17-9-4-3-6-14(17)11-20/h3-10,13H,12H2,1-2H3,(H,21,23)/t13-/m0/s1. The van der Waals surface area contributed by atoms with Crippen molar-refractivity contribution >= 4 is 17.6 Å². The van der Waals surface area contributed by atoms with Gasteiger partial charge in [0.15, 0.2) is 12.7 Å². The molecule has 0 aromatic heterocycles. The van der Waals surface area contributed by atoms with E-state index in [1.165, 1.54) is 14.0 Å². The summed E-state index contributed by atoms with van der Waals surface area (Å²) in [6.45, 7) is 1.05. The minimum atomic E-state index is -1.01. The number of nitrogens with one attached hydrogen (secondary N) is 1. The average Bonchev–Trinajstić information content (AvgIpc) is 2.66. The summed E-state index contributed by atoms with van der Waals surface area (Å²) in [4.78, 5) is 24.0. The van der Waals surface area contributed by atoms with Crippen molar-refractivity contribution in [1.29, 1.82) is 5.26 Å². The zero-order valence-electron chi connectivity index (χ0n) is 14.4. The fourth-order valence-corrected chi connectivity index (χ4v) is 2.05. The number of carbonyl (C=O) groups excluding carboxylic acids is 2. The monoisotopic (exact) mass is 354 g/mol. The Morgan fingerprint density at radius 1 is 1.19 bits per heavy atom. The van der Waals surface area contributed by atoms with E-state index in [2.05, 4.69) is 5.32 Å². The van der Waals surface area contributed by atoms with Crippen LogP contribution < -0.4 is 14.8 Å². The van der Waals surface area contributed by atoms with Crippen molar-refractivity contribution in [3.8, 4) is 17.6 Å². The lowest BCUT2D eigenvalue weighted by molar-refractivity contribution is -0.155. The van der Waals surface area contributed by atoms with Gasteiger partial charge in [0.25, 0.3) is 5.91 Å². The molecule has 7 nitrogen and oxygen atoms in total. The average molecular weight is 354 g/mol. The van der Waals surface area contributed by atoms with E-state index in [-0.39, 0.29) is 5.75 Å². The van der Waals surface area contributed by atoms with Crippen LogP contribution in [0.3, 0.4) is 0 Å². The van der Waals surface area contributed by atoms with Crippen LogP contribution in [0.5, 0.6) is 11.5 Å². The van der Waals surface area contributed by atoms with E-state index in [9.17, 15) is 9.59 Å².